The zero-order chi connectivity index (χ0) is 22.2. The maximum atomic E-state index is 12.9. The lowest BCUT2D eigenvalue weighted by atomic mass is 9.85. The number of nitrogens with zero attached hydrogens (tertiary/aromatic N) is 2. The second-order valence-electron chi connectivity index (χ2n) is 7.01. The van der Waals surface area contributed by atoms with E-state index in [0.29, 0.717) is 5.69 Å². The molecule has 3 unspecified atom stereocenters. The summed E-state index contributed by atoms with van der Waals surface area (Å²) < 4.78 is 29.1. The van der Waals surface area contributed by atoms with E-state index >= 15 is 0 Å². The number of hydrogen-bond donors (Lipinski definition) is 1. The van der Waals surface area contributed by atoms with Gasteiger partial charge in [-0.1, -0.05) is 28.9 Å². The number of alkyl halides is 1. The highest BCUT2D eigenvalue weighted by Gasteiger charge is 2.43. The van der Waals surface area contributed by atoms with Crippen molar-refractivity contribution >= 4 is 38.9 Å². The molecule has 1 N–H and O–H groups in total. The van der Waals surface area contributed by atoms with Crippen LogP contribution in [0.3, 0.4) is 0 Å². The zero-order valence-electron chi connectivity index (χ0n) is 16.1. The number of amides is 1. The van der Waals surface area contributed by atoms with Gasteiger partial charge >= 0.3 is 0 Å². The number of likely N-dealkylation sites (tertiary alicyclic amines) is 1. The maximum absolute atomic E-state index is 12.9. The summed E-state index contributed by atoms with van der Waals surface area (Å²) >= 11 is 6.08. The third-order valence-corrected chi connectivity index (χ3v) is 7.57. The minimum Gasteiger partial charge on any atom is -0.394 e. The molecular formula is C19H19ClN2O7S. The fraction of sp³-hybridized carbons (Fsp3) is 0.368. The first-order valence-corrected chi connectivity index (χ1v) is 10.9. The van der Waals surface area contributed by atoms with E-state index < -0.39 is 50.6 Å². The van der Waals surface area contributed by atoms with Gasteiger partial charge in [-0.05, 0) is 19.1 Å². The van der Waals surface area contributed by atoms with Crippen LogP contribution in [0.5, 0.6) is 0 Å². The van der Waals surface area contributed by atoms with Crippen LogP contribution < -0.4 is 0 Å². The van der Waals surface area contributed by atoms with Gasteiger partial charge in [0.1, 0.15) is 0 Å². The van der Waals surface area contributed by atoms with Gasteiger partial charge in [-0.2, -0.15) is 0 Å². The molecule has 160 valence electrons. The van der Waals surface area contributed by atoms with Crippen LogP contribution in [0.1, 0.15) is 32.9 Å². The molecule has 1 aromatic carbocycles. The molecule has 1 aliphatic heterocycles. The number of piperidine rings is 1. The van der Waals surface area contributed by atoms with E-state index in [1.807, 2.05) is 0 Å². The van der Waals surface area contributed by atoms with Crippen LogP contribution in [-0.4, -0.2) is 60.8 Å². The van der Waals surface area contributed by atoms with Gasteiger partial charge in [0.25, 0.3) is 0 Å². The molecular weight excluding hydrogens is 436 g/mol. The number of hydrogen-bond acceptors (Lipinski definition) is 8. The first-order chi connectivity index (χ1) is 14.1. The number of halogens is 1. The van der Waals surface area contributed by atoms with Crippen LogP contribution in [0.2, 0.25) is 0 Å². The molecule has 0 aliphatic carbocycles. The van der Waals surface area contributed by atoms with Crippen molar-refractivity contribution in [2.75, 3.05) is 13.7 Å². The van der Waals surface area contributed by atoms with Crippen LogP contribution in [0.15, 0.2) is 39.8 Å². The van der Waals surface area contributed by atoms with Crippen molar-refractivity contribution in [2.24, 2.45) is 5.92 Å². The summed E-state index contributed by atoms with van der Waals surface area (Å²) in [6.07, 6.45) is -0.165. The molecule has 0 spiro atoms. The Balaban J connectivity index is 1.92. The monoisotopic (exact) mass is 454 g/mol. The number of aryl methyl sites for hydroxylation is 1. The van der Waals surface area contributed by atoms with Gasteiger partial charge in [0, 0.05) is 25.1 Å². The highest BCUT2D eigenvalue weighted by Crippen LogP contribution is 2.33. The van der Waals surface area contributed by atoms with E-state index in [1.54, 1.807) is 6.92 Å². The Morgan fingerprint density at radius 3 is 2.67 bits per heavy atom. The topological polar surface area (TPSA) is 135 Å². The van der Waals surface area contributed by atoms with Gasteiger partial charge in [0.2, 0.25) is 15.7 Å². The molecule has 0 radical (unpaired) electrons. The molecule has 1 aliphatic rings. The highest BCUT2D eigenvalue weighted by atomic mass is 35.5. The van der Waals surface area contributed by atoms with Gasteiger partial charge in [0.05, 0.1) is 23.2 Å². The number of aromatic nitrogens is 1. The summed E-state index contributed by atoms with van der Waals surface area (Å²) in [5, 5.41) is 12.9. The standard InChI is InChI=1S/C19H19ClN2O7S/c1-10-6-15(29-21-10)18(20)30(27,28)13-5-3-4-11(7-13)17(25)16-14(24)8-12(9-23)22(2)19(16)26/h3-7,12,16,18,23H,8-9H2,1-2H3. The lowest BCUT2D eigenvalue weighted by molar-refractivity contribution is -0.146. The summed E-state index contributed by atoms with van der Waals surface area (Å²) in [4.78, 5) is 38.7. The van der Waals surface area contributed by atoms with Crippen LogP contribution in [0.4, 0.5) is 0 Å². The van der Waals surface area contributed by atoms with Gasteiger partial charge < -0.3 is 14.5 Å². The number of carbonyl (C=O) groups is 3. The molecule has 11 heteroatoms. The van der Waals surface area contributed by atoms with Crippen molar-refractivity contribution in [3.8, 4) is 0 Å². The molecule has 1 fully saturated rings. The van der Waals surface area contributed by atoms with Crippen LogP contribution in [0, 0.1) is 12.8 Å². The molecule has 3 rings (SSSR count). The Hall–Kier alpha value is -2.56. The smallest absolute Gasteiger partial charge is 0.241 e. The van der Waals surface area contributed by atoms with Crippen LogP contribution >= 0.6 is 11.6 Å². The average molecular weight is 455 g/mol. The Bertz CT molecular complexity index is 1110. The van der Waals surface area contributed by atoms with E-state index in [9.17, 15) is 27.9 Å². The molecule has 1 aromatic heterocycles. The fourth-order valence-corrected chi connectivity index (χ4v) is 4.84. The molecule has 30 heavy (non-hydrogen) atoms. The second kappa shape index (κ2) is 8.29. The fourth-order valence-electron chi connectivity index (χ4n) is 3.21. The SMILES string of the molecule is Cc1cc(C(Cl)S(=O)(=O)c2cccc(C(=O)C3C(=O)CC(CO)N(C)C3=O)c2)on1. The summed E-state index contributed by atoms with van der Waals surface area (Å²) in [5.41, 5.74) is 0.339. The molecule has 0 bridgehead atoms. The normalized spacial score (nSPS) is 21.0. The number of benzene rings is 1. The number of Topliss-reactive ketones (excluding diaryl/α,β-unsaturated/α-hetero) is 2. The quantitative estimate of drug-likeness (QED) is 0.392. The number of aliphatic hydroxyl groups is 1. The summed E-state index contributed by atoms with van der Waals surface area (Å²) in [7, 11) is -2.75. The predicted molar refractivity (Wildman–Crippen MR) is 105 cm³/mol. The summed E-state index contributed by atoms with van der Waals surface area (Å²) in [6, 6.07) is 5.67. The minimum atomic E-state index is -4.15. The number of aliphatic hydroxyl groups excluding tert-OH is 1. The first kappa shape index (κ1) is 22.1. The van der Waals surface area contributed by atoms with Crippen molar-refractivity contribution in [3.63, 3.8) is 0 Å². The van der Waals surface area contributed by atoms with Crippen LogP contribution in [0.25, 0.3) is 0 Å². The van der Waals surface area contributed by atoms with Crippen molar-refractivity contribution in [1.82, 2.24) is 10.1 Å². The van der Waals surface area contributed by atoms with E-state index in [0.717, 1.165) is 11.0 Å². The lowest BCUT2D eigenvalue weighted by Gasteiger charge is -2.34. The highest BCUT2D eigenvalue weighted by molar-refractivity contribution is 7.92. The van der Waals surface area contributed by atoms with Gasteiger partial charge in [0.15, 0.2) is 28.0 Å². The van der Waals surface area contributed by atoms with Gasteiger partial charge in [-0.3, -0.25) is 14.4 Å². The number of rotatable bonds is 6. The molecule has 0 saturated carbocycles. The maximum Gasteiger partial charge on any atom is 0.241 e. The Labute approximate surface area is 177 Å². The minimum absolute atomic E-state index is 0.0693. The van der Waals surface area contributed by atoms with Gasteiger partial charge in [-0.15, -0.1) is 0 Å². The number of sulfone groups is 1. The number of ketones is 2. The van der Waals surface area contributed by atoms with E-state index in [1.165, 1.54) is 31.3 Å². The van der Waals surface area contributed by atoms with Gasteiger partial charge in [-0.25, -0.2) is 8.42 Å². The molecule has 1 amide bonds. The lowest BCUT2D eigenvalue weighted by Crippen LogP contribution is -2.53. The van der Waals surface area contributed by atoms with Crippen molar-refractivity contribution in [3.05, 3.63) is 47.3 Å². The van der Waals surface area contributed by atoms with E-state index in [2.05, 4.69) is 5.16 Å². The number of likely N-dealkylation sites (N-methyl/N-ethyl adjacent to an activating group) is 1. The molecule has 3 atom stereocenters. The average Bonchev–Trinajstić information content (AvgIpc) is 3.16. The summed E-state index contributed by atoms with van der Waals surface area (Å²) in [5.74, 6) is -3.83. The number of carbonyl (C=O) groups excluding carboxylic acids is 3. The Morgan fingerprint density at radius 1 is 1.37 bits per heavy atom. The van der Waals surface area contributed by atoms with Crippen molar-refractivity contribution in [2.45, 2.75) is 29.0 Å². The third-order valence-electron chi connectivity index (χ3n) is 4.96. The largest absolute Gasteiger partial charge is 0.394 e. The Kier molecular flexibility index (Phi) is 6.11. The predicted octanol–water partition coefficient (Wildman–Crippen LogP) is 1.29. The summed E-state index contributed by atoms with van der Waals surface area (Å²) in [6.45, 7) is 1.21. The van der Waals surface area contributed by atoms with E-state index in [4.69, 9.17) is 16.1 Å². The molecule has 9 nitrogen and oxygen atoms in total. The molecule has 2 aromatic rings. The van der Waals surface area contributed by atoms with Crippen molar-refractivity contribution in [1.29, 1.82) is 0 Å². The second-order valence-corrected chi connectivity index (χ2v) is 9.74. The van der Waals surface area contributed by atoms with Crippen molar-refractivity contribution < 1.29 is 32.4 Å². The Morgan fingerprint density at radius 2 is 2.07 bits per heavy atom. The zero-order valence-corrected chi connectivity index (χ0v) is 17.7. The van der Waals surface area contributed by atoms with Crippen LogP contribution in [-0.2, 0) is 19.4 Å². The van der Waals surface area contributed by atoms with E-state index in [-0.39, 0.29) is 22.6 Å². The third kappa shape index (κ3) is 3.90. The first-order valence-electron chi connectivity index (χ1n) is 8.93. The molecule has 2 heterocycles. The molecule has 1 saturated heterocycles.